The Morgan fingerprint density at radius 3 is 1.78 bits per heavy atom. The summed E-state index contributed by atoms with van der Waals surface area (Å²) in [6.45, 7) is 7.98. The number of hydrogen-bond donors (Lipinski definition) is 1. The highest BCUT2D eigenvalue weighted by molar-refractivity contribution is 5.94. The number of aliphatic imine (C=N–C) groups is 2. The lowest BCUT2D eigenvalue weighted by atomic mass is 9.97. The number of aliphatic hydroxyl groups excluding tert-OH is 1. The van der Waals surface area contributed by atoms with E-state index in [1.807, 2.05) is 13.8 Å². The maximum atomic E-state index is 10.2. The van der Waals surface area contributed by atoms with Crippen LogP contribution in [0.4, 0.5) is 0 Å². The Kier molecular flexibility index (Phi) is 5.14. The van der Waals surface area contributed by atoms with Crippen molar-refractivity contribution in [1.82, 2.24) is 0 Å². The van der Waals surface area contributed by atoms with Gasteiger partial charge in [-0.2, -0.15) is 0 Å². The van der Waals surface area contributed by atoms with Crippen molar-refractivity contribution in [2.45, 2.75) is 45.9 Å². The van der Waals surface area contributed by atoms with Gasteiger partial charge in [0.15, 0.2) is 6.04 Å². The minimum absolute atomic E-state index is 0.0767. The summed E-state index contributed by atoms with van der Waals surface area (Å²) in [7, 11) is 3.14. The average Bonchev–Trinajstić information content (AvgIpc) is 2.35. The molecule has 0 spiro atoms. The highest BCUT2D eigenvalue weighted by Crippen LogP contribution is 2.21. The molecule has 0 unspecified atom stereocenters. The predicted octanol–water partition coefficient (Wildman–Crippen LogP) is 1.50. The Hall–Kier alpha value is -1.10. The Morgan fingerprint density at radius 1 is 0.944 bits per heavy atom. The molecule has 0 saturated carbocycles. The van der Waals surface area contributed by atoms with Crippen LogP contribution in [0.3, 0.4) is 0 Å². The lowest BCUT2D eigenvalue weighted by molar-refractivity contribution is 0.108. The molecule has 5 heteroatoms. The molecule has 18 heavy (non-hydrogen) atoms. The van der Waals surface area contributed by atoms with Crippen LogP contribution in [-0.4, -0.2) is 49.3 Å². The molecule has 3 atom stereocenters. The molecular weight excluding hydrogens is 232 g/mol. The minimum Gasteiger partial charge on any atom is -0.483 e. The van der Waals surface area contributed by atoms with Gasteiger partial charge in [-0.15, -0.1) is 0 Å². The third-order valence-corrected chi connectivity index (χ3v) is 3.09. The molecule has 1 heterocycles. The first-order valence-electron chi connectivity index (χ1n) is 6.33. The molecule has 1 aliphatic heterocycles. The average molecular weight is 256 g/mol. The largest absolute Gasteiger partial charge is 0.483 e. The van der Waals surface area contributed by atoms with Crippen molar-refractivity contribution in [3.05, 3.63) is 0 Å². The Bertz CT molecular complexity index is 337. The molecule has 0 saturated heterocycles. The number of methoxy groups -OCH3 is 2. The monoisotopic (exact) mass is 256 g/mol. The first kappa shape index (κ1) is 15.0. The van der Waals surface area contributed by atoms with Crippen LogP contribution < -0.4 is 0 Å². The van der Waals surface area contributed by atoms with Gasteiger partial charge < -0.3 is 14.6 Å². The van der Waals surface area contributed by atoms with Crippen LogP contribution in [0.5, 0.6) is 0 Å². The molecule has 104 valence electrons. The van der Waals surface area contributed by atoms with E-state index in [-0.39, 0.29) is 17.9 Å². The topological polar surface area (TPSA) is 63.4 Å². The third-order valence-electron chi connectivity index (χ3n) is 3.09. The van der Waals surface area contributed by atoms with E-state index < -0.39 is 12.1 Å². The maximum Gasteiger partial charge on any atom is 0.212 e. The van der Waals surface area contributed by atoms with Gasteiger partial charge >= 0.3 is 0 Å². The summed E-state index contributed by atoms with van der Waals surface area (Å²) >= 11 is 0. The minimum atomic E-state index is -0.623. The fraction of sp³-hybridized carbons (Fsp3) is 0.846. The fourth-order valence-corrected chi connectivity index (χ4v) is 1.91. The van der Waals surface area contributed by atoms with Gasteiger partial charge in [-0.05, 0) is 11.8 Å². The molecule has 0 amide bonds. The SMILES string of the molecule is COC1=N[C@H](C(C)C)C(OC)=N[C@H]1[C@H](O)C(C)C. The zero-order chi connectivity index (χ0) is 13.9. The summed E-state index contributed by atoms with van der Waals surface area (Å²) < 4.78 is 10.6. The van der Waals surface area contributed by atoms with Gasteiger partial charge in [-0.25, -0.2) is 9.98 Å². The van der Waals surface area contributed by atoms with E-state index in [4.69, 9.17) is 9.47 Å². The normalized spacial score (nSPS) is 25.8. The second-order valence-corrected chi connectivity index (χ2v) is 5.21. The highest BCUT2D eigenvalue weighted by atomic mass is 16.5. The van der Waals surface area contributed by atoms with Gasteiger partial charge in [0.2, 0.25) is 11.8 Å². The number of nitrogens with zero attached hydrogens (tertiary/aromatic N) is 2. The van der Waals surface area contributed by atoms with Crippen molar-refractivity contribution in [2.24, 2.45) is 21.8 Å². The molecule has 0 fully saturated rings. The maximum absolute atomic E-state index is 10.2. The summed E-state index contributed by atoms with van der Waals surface area (Å²) in [6.07, 6.45) is -0.623. The summed E-state index contributed by atoms with van der Waals surface area (Å²) in [6, 6.07) is -0.611. The van der Waals surface area contributed by atoms with E-state index in [1.54, 1.807) is 14.2 Å². The second-order valence-electron chi connectivity index (χ2n) is 5.21. The molecule has 0 radical (unpaired) electrons. The van der Waals surface area contributed by atoms with Crippen molar-refractivity contribution >= 4 is 11.8 Å². The van der Waals surface area contributed by atoms with E-state index in [9.17, 15) is 5.11 Å². The van der Waals surface area contributed by atoms with E-state index >= 15 is 0 Å². The molecule has 1 aliphatic rings. The second kappa shape index (κ2) is 6.18. The fourth-order valence-electron chi connectivity index (χ4n) is 1.91. The molecule has 1 rings (SSSR count). The predicted molar refractivity (Wildman–Crippen MR) is 72.1 cm³/mol. The van der Waals surface area contributed by atoms with Crippen molar-refractivity contribution in [1.29, 1.82) is 0 Å². The van der Waals surface area contributed by atoms with E-state index in [0.717, 1.165) is 0 Å². The van der Waals surface area contributed by atoms with Crippen molar-refractivity contribution in [3.63, 3.8) is 0 Å². The van der Waals surface area contributed by atoms with Gasteiger partial charge in [-0.3, -0.25) is 0 Å². The standard InChI is InChI=1S/C13H24N2O3/c1-7(2)9-12(17-5)15-10(11(16)8(3)4)13(14-9)18-6/h7-11,16H,1-6H3/t9-,10+,11-/m1/s1. The summed E-state index contributed by atoms with van der Waals surface area (Å²) in [5.41, 5.74) is 0. The number of rotatable bonds is 3. The summed E-state index contributed by atoms with van der Waals surface area (Å²) in [5, 5.41) is 10.2. The Balaban J connectivity index is 3.06. The number of ether oxygens (including phenoxy) is 2. The molecule has 0 aliphatic carbocycles. The van der Waals surface area contributed by atoms with Gasteiger partial charge in [0.1, 0.15) is 6.04 Å². The first-order chi connectivity index (χ1) is 8.42. The summed E-state index contributed by atoms with van der Waals surface area (Å²) in [5.74, 6) is 1.39. The molecule has 0 aromatic heterocycles. The zero-order valence-electron chi connectivity index (χ0n) is 12.0. The van der Waals surface area contributed by atoms with Crippen molar-refractivity contribution < 1.29 is 14.6 Å². The van der Waals surface area contributed by atoms with Gasteiger partial charge in [0, 0.05) is 0 Å². The molecule has 0 bridgehead atoms. The molecule has 1 N–H and O–H groups in total. The van der Waals surface area contributed by atoms with Crippen LogP contribution in [0.15, 0.2) is 9.98 Å². The summed E-state index contributed by atoms with van der Waals surface area (Å²) in [4.78, 5) is 8.98. The van der Waals surface area contributed by atoms with Gasteiger partial charge in [-0.1, -0.05) is 27.7 Å². The Morgan fingerprint density at radius 2 is 1.39 bits per heavy atom. The highest BCUT2D eigenvalue weighted by Gasteiger charge is 2.35. The van der Waals surface area contributed by atoms with E-state index in [2.05, 4.69) is 23.8 Å². The zero-order valence-corrected chi connectivity index (χ0v) is 12.0. The van der Waals surface area contributed by atoms with Crippen LogP contribution in [0, 0.1) is 11.8 Å². The van der Waals surface area contributed by atoms with Gasteiger partial charge in [0.25, 0.3) is 0 Å². The van der Waals surface area contributed by atoms with E-state index in [0.29, 0.717) is 11.8 Å². The lowest BCUT2D eigenvalue weighted by Crippen LogP contribution is -2.44. The Labute approximate surface area is 109 Å². The molecule has 5 nitrogen and oxygen atoms in total. The van der Waals surface area contributed by atoms with Gasteiger partial charge in [0.05, 0.1) is 20.3 Å². The number of hydrogen-bond acceptors (Lipinski definition) is 5. The molecular formula is C13H24N2O3. The van der Waals surface area contributed by atoms with Crippen LogP contribution in [0.1, 0.15) is 27.7 Å². The van der Waals surface area contributed by atoms with Crippen LogP contribution in [0.2, 0.25) is 0 Å². The van der Waals surface area contributed by atoms with Crippen molar-refractivity contribution in [3.8, 4) is 0 Å². The van der Waals surface area contributed by atoms with Crippen LogP contribution in [0.25, 0.3) is 0 Å². The van der Waals surface area contributed by atoms with E-state index in [1.165, 1.54) is 0 Å². The first-order valence-corrected chi connectivity index (χ1v) is 6.33. The quantitative estimate of drug-likeness (QED) is 0.832. The lowest BCUT2D eigenvalue weighted by Gasteiger charge is -2.30. The van der Waals surface area contributed by atoms with Crippen LogP contribution in [-0.2, 0) is 9.47 Å². The number of aliphatic hydroxyl groups is 1. The molecule has 0 aromatic rings. The van der Waals surface area contributed by atoms with Crippen molar-refractivity contribution in [2.75, 3.05) is 14.2 Å². The smallest absolute Gasteiger partial charge is 0.212 e. The van der Waals surface area contributed by atoms with Crippen LogP contribution >= 0.6 is 0 Å². The third kappa shape index (κ3) is 3.02. The molecule has 0 aromatic carbocycles.